The maximum absolute atomic E-state index is 5.20. The molecule has 0 aliphatic heterocycles. The van der Waals surface area contributed by atoms with Crippen molar-refractivity contribution in [3.63, 3.8) is 0 Å². The molecular formula is C12H28N2O. The topological polar surface area (TPSA) is 24.5 Å². The van der Waals surface area contributed by atoms with Gasteiger partial charge < -0.3 is 10.1 Å². The Balaban J connectivity index is 4.20. The highest BCUT2D eigenvalue weighted by molar-refractivity contribution is 4.78. The Bertz CT molecular complexity index is 151. The van der Waals surface area contributed by atoms with Crippen molar-refractivity contribution in [2.75, 3.05) is 33.9 Å². The molecule has 0 heterocycles. The van der Waals surface area contributed by atoms with Crippen molar-refractivity contribution in [3.8, 4) is 0 Å². The maximum atomic E-state index is 5.20. The molecule has 0 amide bonds. The number of rotatable bonds is 8. The molecule has 3 nitrogen and oxygen atoms in total. The number of methoxy groups -OCH3 is 1. The molecule has 0 radical (unpaired) electrons. The molecule has 1 N–H and O–H groups in total. The van der Waals surface area contributed by atoms with E-state index in [0.717, 1.165) is 19.7 Å². The fourth-order valence-corrected chi connectivity index (χ4v) is 1.83. The van der Waals surface area contributed by atoms with Crippen molar-refractivity contribution in [1.82, 2.24) is 10.2 Å². The monoisotopic (exact) mass is 216 g/mol. The molecule has 92 valence electrons. The molecule has 0 fully saturated rings. The van der Waals surface area contributed by atoms with Crippen molar-refractivity contribution >= 4 is 0 Å². The zero-order valence-electron chi connectivity index (χ0n) is 11.2. The van der Waals surface area contributed by atoms with E-state index in [4.69, 9.17) is 4.74 Å². The third-order valence-corrected chi connectivity index (χ3v) is 3.00. The standard InChI is InChI=1S/C12H28N2O/c1-7-13-8-12(10(2)3)14(5)11(4)9-15-6/h10-13H,7-9H2,1-6H3. The highest BCUT2D eigenvalue weighted by Gasteiger charge is 2.21. The van der Waals surface area contributed by atoms with Gasteiger partial charge in [0.15, 0.2) is 0 Å². The van der Waals surface area contributed by atoms with Gasteiger partial charge in [-0.3, -0.25) is 4.90 Å². The summed E-state index contributed by atoms with van der Waals surface area (Å²) in [5.74, 6) is 0.661. The van der Waals surface area contributed by atoms with E-state index in [0.29, 0.717) is 18.0 Å². The molecule has 0 aromatic rings. The first-order valence-electron chi connectivity index (χ1n) is 5.96. The molecule has 0 saturated carbocycles. The van der Waals surface area contributed by atoms with Gasteiger partial charge in [0, 0.05) is 25.7 Å². The number of hydrogen-bond donors (Lipinski definition) is 1. The summed E-state index contributed by atoms with van der Waals surface area (Å²) in [6.45, 7) is 11.8. The van der Waals surface area contributed by atoms with Gasteiger partial charge in [0.25, 0.3) is 0 Å². The van der Waals surface area contributed by atoms with Crippen LogP contribution in [0.1, 0.15) is 27.7 Å². The first kappa shape index (κ1) is 14.9. The van der Waals surface area contributed by atoms with Crippen LogP contribution in [-0.2, 0) is 4.74 Å². The minimum Gasteiger partial charge on any atom is -0.383 e. The second-order valence-corrected chi connectivity index (χ2v) is 4.59. The van der Waals surface area contributed by atoms with Crippen LogP contribution in [0.4, 0.5) is 0 Å². The zero-order valence-corrected chi connectivity index (χ0v) is 11.2. The Labute approximate surface area is 95.2 Å². The summed E-state index contributed by atoms with van der Waals surface area (Å²) in [6.07, 6.45) is 0. The summed E-state index contributed by atoms with van der Waals surface area (Å²) in [4.78, 5) is 2.41. The van der Waals surface area contributed by atoms with Crippen molar-refractivity contribution < 1.29 is 4.74 Å². The van der Waals surface area contributed by atoms with Gasteiger partial charge in [0.1, 0.15) is 0 Å². The molecule has 0 rings (SSSR count). The molecule has 3 heteroatoms. The number of ether oxygens (including phenoxy) is 1. The summed E-state index contributed by atoms with van der Waals surface area (Å²) in [5.41, 5.74) is 0. The lowest BCUT2D eigenvalue weighted by molar-refractivity contribution is 0.0732. The van der Waals surface area contributed by atoms with E-state index in [2.05, 4.69) is 45.0 Å². The lowest BCUT2D eigenvalue weighted by Gasteiger charge is -2.35. The number of nitrogens with zero attached hydrogens (tertiary/aromatic N) is 1. The van der Waals surface area contributed by atoms with Gasteiger partial charge in [-0.05, 0) is 26.4 Å². The molecule has 2 unspecified atom stereocenters. The van der Waals surface area contributed by atoms with Crippen molar-refractivity contribution in [2.45, 2.75) is 39.8 Å². The van der Waals surface area contributed by atoms with Gasteiger partial charge in [-0.1, -0.05) is 20.8 Å². The predicted molar refractivity (Wildman–Crippen MR) is 66.3 cm³/mol. The average molecular weight is 216 g/mol. The molecular weight excluding hydrogens is 188 g/mol. The zero-order chi connectivity index (χ0) is 11.8. The van der Waals surface area contributed by atoms with Crippen LogP contribution < -0.4 is 5.32 Å². The largest absolute Gasteiger partial charge is 0.383 e. The molecule has 0 aliphatic rings. The van der Waals surface area contributed by atoms with E-state index in [1.165, 1.54) is 0 Å². The number of hydrogen-bond acceptors (Lipinski definition) is 3. The van der Waals surface area contributed by atoms with Gasteiger partial charge >= 0.3 is 0 Å². The predicted octanol–water partition coefficient (Wildman–Crippen LogP) is 1.59. The minimum atomic E-state index is 0.473. The molecule has 0 aromatic heterocycles. The highest BCUT2D eigenvalue weighted by Crippen LogP contribution is 2.11. The molecule has 0 aromatic carbocycles. The van der Waals surface area contributed by atoms with E-state index in [1.54, 1.807) is 7.11 Å². The van der Waals surface area contributed by atoms with E-state index >= 15 is 0 Å². The van der Waals surface area contributed by atoms with Crippen LogP contribution in [-0.4, -0.2) is 50.8 Å². The smallest absolute Gasteiger partial charge is 0.0615 e. The van der Waals surface area contributed by atoms with E-state index in [1.807, 2.05) is 0 Å². The lowest BCUT2D eigenvalue weighted by atomic mass is 10.0. The molecule has 15 heavy (non-hydrogen) atoms. The second kappa shape index (κ2) is 8.08. The summed E-state index contributed by atoms with van der Waals surface area (Å²) in [6, 6.07) is 1.05. The Morgan fingerprint density at radius 2 is 1.87 bits per heavy atom. The molecule has 2 atom stereocenters. The van der Waals surface area contributed by atoms with Crippen LogP contribution in [0.25, 0.3) is 0 Å². The summed E-state index contributed by atoms with van der Waals surface area (Å²) < 4.78 is 5.20. The van der Waals surface area contributed by atoms with Crippen molar-refractivity contribution in [3.05, 3.63) is 0 Å². The molecule has 0 spiro atoms. The van der Waals surface area contributed by atoms with E-state index < -0.39 is 0 Å². The van der Waals surface area contributed by atoms with Crippen LogP contribution >= 0.6 is 0 Å². The molecule has 0 aliphatic carbocycles. The van der Waals surface area contributed by atoms with Gasteiger partial charge in [-0.15, -0.1) is 0 Å². The quantitative estimate of drug-likeness (QED) is 0.667. The first-order chi connectivity index (χ1) is 7.04. The van der Waals surface area contributed by atoms with E-state index in [-0.39, 0.29) is 0 Å². The molecule has 0 saturated heterocycles. The highest BCUT2D eigenvalue weighted by atomic mass is 16.5. The maximum Gasteiger partial charge on any atom is 0.0615 e. The first-order valence-corrected chi connectivity index (χ1v) is 5.96. The summed E-state index contributed by atoms with van der Waals surface area (Å²) >= 11 is 0. The van der Waals surface area contributed by atoms with Crippen LogP contribution in [0, 0.1) is 5.92 Å². The summed E-state index contributed by atoms with van der Waals surface area (Å²) in [7, 11) is 3.95. The average Bonchev–Trinajstić information content (AvgIpc) is 2.18. The number of likely N-dealkylation sites (N-methyl/N-ethyl adjacent to an activating group) is 2. The van der Waals surface area contributed by atoms with Gasteiger partial charge in [0.05, 0.1) is 6.61 Å². The van der Waals surface area contributed by atoms with Gasteiger partial charge in [-0.25, -0.2) is 0 Å². The van der Waals surface area contributed by atoms with Crippen molar-refractivity contribution in [1.29, 1.82) is 0 Å². The fourth-order valence-electron chi connectivity index (χ4n) is 1.83. The second-order valence-electron chi connectivity index (χ2n) is 4.59. The Kier molecular flexibility index (Phi) is 8.02. The Morgan fingerprint density at radius 1 is 1.27 bits per heavy atom. The van der Waals surface area contributed by atoms with E-state index in [9.17, 15) is 0 Å². The lowest BCUT2D eigenvalue weighted by Crippen LogP contribution is -2.48. The van der Waals surface area contributed by atoms with Crippen molar-refractivity contribution in [2.24, 2.45) is 5.92 Å². The van der Waals surface area contributed by atoms with Crippen LogP contribution in [0.5, 0.6) is 0 Å². The van der Waals surface area contributed by atoms with Crippen LogP contribution in [0.15, 0.2) is 0 Å². The van der Waals surface area contributed by atoms with Gasteiger partial charge in [-0.2, -0.15) is 0 Å². The Hall–Kier alpha value is -0.120. The van der Waals surface area contributed by atoms with Crippen LogP contribution in [0.3, 0.4) is 0 Å². The number of nitrogens with one attached hydrogen (secondary N) is 1. The third kappa shape index (κ3) is 5.50. The molecule has 0 bridgehead atoms. The normalized spacial score (nSPS) is 16.0. The van der Waals surface area contributed by atoms with Crippen LogP contribution in [0.2, 0.25) is 0 Å². The SMILES string of the molecule is CCNCC(C(C)C)N(C)C(C)COC. The minimum absolute atomic E-state index is 0.473. The summed E-state index contributed by atoms with van der Waals surface area (Å²) in [5, 5.41) is 3.43. The van der Waals surface area contributed by atoms with Gasteiger partial charge in [0.2, 0.25) is 0 Å². The Morgan fingerprint density at radius 3 is 2.27 bits per heavy atom. The third-order valence-electron chi connectivity index (χ3n) is 3.00. The fraction of sp³-hybridized carbons (Fsp3) is 1.00.